The molecule has 1 amide bonds. The third kappa shape index (κ3) is 2.73. The molecule has 1 aliphatic rings. The first-order chi connectivity index (χ1) is 9.02. The summed E-state index contributed by atoms with van der Waals surface area (Å²) in [4.78, 5) is 14.2. The van der Waals surface area contributed by atoms with Crippen LogP contribution >= 0.6 is 0 Å². The number of nitriles is 1. The van der Waals surface area contributed by atoms with E-state index in [1.54, 1.807) is 10.6 Å². The van der Waals surface area contributed by atoms with Crippen LogP contribution in [0.3, 0.4) is 0 Å². The second-order valence-corrected chi connectivity index (χ2v) is 5.36. The SMILES string of the molecule is Cc1c(N)cc(C#N)n1CC(=O)N1CCCC(C)C1. The van der Waals surface area contributed by atoms with Gasteiger partial charge in [0.05, 0.1) is 5.69 Å². The van der Waals surface area contributed by atoms with Crippen LogP contribution in [0.2, 0.25) is 0 Å². The number of amides is 1. The summed E-state index contributed by atoms with van der Waals surface area (Å²) in [6.07, 6.45) is 2.24. The number of nitrogen functional groups attached to an aromatic ring is 1. The Morgan fingerprint density at radius 3 is 3.00 bits per heavy atom. The smallest absolute Gasteiger partial charge is 0.242 e. The summed E-state index contributed by atoms with van der Waals surface area (Å²) in [7, 11) is 0. The number of anilines is 1. The number of hydrogen-bond donors (Lipinski definition) is 1. The van der Waals surface area contributed by atoms with Crippen molar-refractivity contribution in [3.8, 4) is 6.07 Å². The van der Waals surface area contributed by atoms with E-state index in [0.29, 0.717) is 17.3 Å². The van der Waals surface area contributed by atoms with E-state index in [1.807, 2.05) is 11.8 Å². The van der Waals surface area contributed by atoms with Crippen LogP contribution in [0, 0.1) is 24.2 Å². The molecule has 19 heavy (non-hydrogen) atoms. The molecule has 1 saturated heterocycles. The van der Waals surface area contributed by atoms with Crippen molar-refractivity contribution in [3.05, 3.63) is 17.5 Å². The highest BCUT2D eigenvalue weighted by molar-refractivity contribution is 5.76. The third-order valence-electron chi connectivity index (χ3n) is 3.82. The van der Waals surface area contributed by atoms with Crippen molar-refractivity contribution in [1.82, 2.24) is 9.47 Å². The predicted octanol–water partition coefficient (Wildman–Crippen LogP) is 1.51. The lowest BCUT2D eigenvalue weighted by molar-refractivity contribution is -0.133. The number of nitrogens with two attached hydrogens (primary N) is 1. The normalized spacial score (nSPS) is 19.2. The van der Waals surface area contributed by atoms with Crippen LogP contribution in [-0.4, -0.2) is 28.5 Å². The lowest BCUT2D eigenvalue weighted by atomic mass is 10.0. The summed E-state index contributed by atoms with van der Waals surface area (Å²) in [5, 5.41) is 9.07. The van der Waals surface area contributed by atoms with Crippen LogP contribution in [0.1, 0.15) is 31.2 Å². The summed E-state index contributed by atoms with van der Waals surface area (Å²) < 4.78 is 1.71. The van der Waals surface area contributed by atoms with Crippen LogP contribution < -0.4 is 5.73 Å². The molecule has 0 bridgehead atoms. The second-order valence-electron chi connectivity index (χ2n) is 5.36. The van der Waals surface area contributed by atoms with Crippen molar-refractivity contribution in [2.24, 2.45) is 5.92 Å². The molecule has 2 N–H and O–H groups in total. The van der Waals surface area contributed by atoms with Crippen LogP contribution in [0.15, 0.2) is 6.07 Å². The Morgan fingerprint density at radius 2 is 2.37 bits per heavy atom. The zero-order valence-electron chi connectivity index (χ0n) is 11.5. The van der Waals surface area contributed by atoms with E-state index in [9.17, 15) is 4.79 Å². The van der Waals surface area contributed by atoms with Gasteiger partial charge in [-0.15, -0.1) is 0 Å². The minimum Gasteiger partial charge on any atom is -0.397 e. The molecule has 0 aromatic carbocycles. The molecule has 1 aromatic heterocycles. The van der Waals surface area contributed by atoms with Gasteiger partial charge in [0.15, 0.2) is 0 Å². The van der Waals surface area contributed by atoms with E-state index in [2.05, 4.69) is 13.0 Å². The molecule has 102 valence electrons. The van der Waals surface area contributed by atoms with Gasteiger partial charge in [0.25, 0.3) is 0 Å². The highest BCUT2D eigenvalue weighted by Crippen LogP contribution is 2.19. The molecular weight excluding hydrogens is 240 g/mol. The standard InChI is InChI=1S/C14H20N4O/c1-10-4-3-5-17(8-10)14(19)9-18-11(2)13(16)6-12(18)7-15/h6,10H,3-5,8-9,16H2,1-2H3. The Labute approximate surface area is 113 Å². The maximum absolute atomic E-state index is 12.3. The molecule has 2 rings (SSSR count). The van der Waals surface area contributed by atoms with Crippen LogP contribution in [0.25, 0.3) is 0 Å². The fourth-order valence-corrected chi connectivity index (χ4v) is 2.61. The minimum absolute atomic E-state index is 0.0711. The number of carbonyl (C=O) groups is 1. The Morgan fingerprint density at radius 1 is 1.63 bits per heavy atom. The highest BCUT2D eigenvalue weighted by Gasteiger charge is 2.22. The molecule has 1 unspecified atom stereocenters. The molecule has 0 aliphatic carbocycles. The molecule has 0 radical (unpaired) electrons. The average Bonchev–Trinajstić information content (AvgIpc) is 2.66. The average molecular weight is 260 g/mol. The van der Waals surface area contributed by atoms with Crippen LogP contribution in [0.5, 0.6) is 0 Å². The quantitative estimate of drug-likeness (QED) is 0.875. The van der Waals surface area contributed by atoms with E-state index in [-0.39, 0.29) is 12.5 Å². The van der Waals surface area contributed by atoms with Gasteiger partial charge in [-0.2, -0.15) is 5.26 Å². The van der Waals surface area contributed by atoms with Gasteiger partial charge in [-0.1, -0.05) is 6.92 Å². The zero-order chi connectivity index (χ0) is 14.0. The Balaban J connectivity index is 2.13. The summed E-state index contributed by atoms with van der Waals surface area (Å²) in [5.74, 6) is 0.630. The molecule has 0 saturated carbocycles. The van der Waals surface area contributed by atoms with Gasteiger partial charge in [0.2, 0.25) is 5.91 Å². The number of hydrogen-bond acceptors (Lipinski definition) is 3. The zero-order valence-corrected chi connectivity index (χ0v) is 11.5. The molecular formula is C14H20N4O. The number of likely N-dealkylation sites (tertiary alicyclic amines) is 1. The molecule has 0 spiro atoms. The van der Waals surface area contributed by atoms with Crippen molar-refractivity contribution < 1.29 is 4.79 Å². The molecule has 5 heteroatoms. The van der Waals surface area contributed by atoms with Crippen molar-refractivity contribution in [3.63, 3.8) is 0 Å². The van der Waals surface area contributed by atoms with Gasteiger partial charge in [-0.25, -0.2) is 0 Å². The van der Waals surface area contributed by atoms with Gasteiger partial charge in [-0.05, 0) is 31.7 Å². The minimum atomic E-state index is 0.0711. The Kier molecular flexibility index (Phi) is 3.79. The topological polar surface area (TPSA) is 75.0 Å². The summed E-state index contributed by atoms with van der Waals surface area (Å²) in [5.41, 5.74) is 7.60. The van der Waals surface area contributed by atoms with Crippen LogP contribution in [0.4, 0.5) is 5.69 Å². The number of nitrogens with zero attached hydrogens (tertiary/aromatic N) is 3. The lowest BCUT2D eigenvalue weighted by Gasteiger charge is -2.31. The molecule has 1 fully saturated rings. The molecule has 1 aromatic rings. The van der Waals surface area contributed by atoms with Gasteiger partial charge in [0.1, 0.15) is 18.3 Å². The number of carbonyl (C=O) groups excluding carboxylic acids is 1. The van der Waals surface area contributed by atoms with Crippen molar-refractivity contribution >= 4 is 11.6 Å². The lowest BCUT2D eigenvalue weighted by Crippen LogP contribution is -2.41. The monoisotopic (exact) mass is 260 g/mol. The second kappa shape index (κ2) is 5.35. The van der Waals surface area contributed by atoms with Crippen molar-refractivity contribution in [1.29, 1.82) is 5.26 Å². The van der Waals surface area contributed by atoms with Gasteiger partial charge >= 0.3 is 0 Å². The maximum Gasteiger partial charge on any atom is 0.242 e. The van der Waals surface area contributed by atoms with Crippen LogP contribution in [-0.2, 0) is 11.3 Å². The molecule has 1 aliphatic heterocycles. The number of aromatic nitrogens is 1. The van der Waals surface area contributed by atoms with E-state index < -0.39 is 0 Å². The van der Waals surface area contributed by atoms with E-state index >= 15 is 0 Å². The Bertz CT molecular complexity index is 526. The first-order valence-electron chi connectivity index (χ1n) is 6.66. The van der Waals surface area contributed by atoms with Crippen molar-refractivity contribution in [2.75, 3.05) is 18.8 Å². The van der Waals surface area contributed by atoms with Gasteiger partial charge < -0.3 is 15.2 Å². The van der Waals surface area contributed by atoms with Crippen molar-refractivity contribution in [2.45, 2.75) is 33.2 Å². The van der Waals surface area contributed by atoms with Gasteiger partial charge in [0, 0.05) is 18.8 Å². The summed E-state index contributed by atoms with van der Waals surface area (Å²) in [6, 6.07) is 3.71. The van der Waals surface area contributed by atoms with Gasteiger partial charge in [-0.3, -0.25) is 4.79 Å². The van der Waals surface area contributed by atoms with E-state index in [0.717, 1.165) is 25.2 Å². The number of piperidine rings is 1. The molecule has 2 heterocycles. The summed E-state index contributed by atoms with van der Waals surface area (Å²) >= 11 is 0. The maximum atomic E-state index is 12.3. The first kappa shape index (κ1) is 13.5. The third-order valence-corrected chi connectivity index (χ3v) is 3.82. The van der Waals surface area contributed by atoms with E-state index in [1.165, 1.54) is 6.42 Å². The largest absolute Gasteiger partial charge is 0.397 e. The molecule has 5 nitrogen and oxygen atoms in total. The van der Waals surface area contributed by atoms with E-state index in [4.69, 9.17) is 11.0 Å². The molecule has 1 atom stereocenters. The number of rotatable bonds is 2. The fourth-order valence-electron chi connectivity index (χ4n) is 2.61. The Hall–Kier alpha value is -1.96. The summed E-state index contributed by atoms with van der Waals surface area (Å²) in [6.45, 7) is 5.84. The first-order valence-corrected chi connectivity index (χ1v) is 6.66. The highest BCUT2D eigenvalue weighted by atomic mass is 16.2. The fraction of sp³-hybridized carbons (Fsp3) is 0.571. The predicted molar refractivity (Wildman–Crippen MR) is 73.3 cm³/mol.